The second-order valence-electron chi connectivity index (χ2n) is 5.29. The van der Waals surface area contributed by atoms with E-state index in [9.17, 15) is 5.11 Å². The number of hydrogen-bond donors (Lipinski definition) is 1. The number of aliphatic hydroxyl groups excluding tert-OH is 1. The van der Waals surface area contributed by atoms with Gasteiger partial charge in [0.15, 0.2) is 0 Å². The van der Waals surface area contributed by atoms with Crippen LogP contribution in [0.1, 0.15) is 28.7 Å². The van der Waals surface area contributed by atoms with Crippen LogP contribution in [0.15, 0.2) is 39.3 Å². The molecular formula is C17H16Br2O2. The lowest BCUT2D eigenvalue weighted by atomic mass is 10.1. The molecule has 0 atom stereocenters. The summed E-state index contributed by atoms with van der Waals surface area (Å²) in [4.78, 5) is 0. The highest BCUT2D eigenvalue weighted by Crippen LogP contribution is 2.35. The molecule has 0 radical (unpaired) electrons. The van der Waals surface area contributed by atoms with Crippen molar-refractivity contribution >= 4 is 31.9 Å². The van der Waals surface area contributed by atoms with Gasteiger partial charge < -0.3 is 9.84 Å². The largest absolute Gasteiger partial charge is 0.487 e. The molecule has 0 amide bonds. The molecule has 3 rings (SSSR count). The van der Waals surface area contributed by atoms with Crippen LogP contribution >= 0.6 is 31.9 Å². The Morgan fingerprint density at radius 3 is 2.38 bits per heavy atom. The van der Waals surface area contributed by atoms with Crippen molar-refractivity contribution in [2.75, 3.05) is 0 Å². The third kappa shape index (κ3) is 3.33. The molecule has 0 bridgehead atoms. The van der Waals surface area contributed by atoms with Crippen LogP contribution < -0.4 is 4.74 Å². The van der Waals surface area contributed by atoms with Gasteiger partial charge in [-0.3, -0.25) is 0 Å². The Labute approximate surface area is 141 Å². The molecule has 0 aromatic heterocycles. The molecule has 0 saturated heterocycles. The summed E-state index contributed by atoms with van der Waals surface area (Å²) >= 11 is 6.99. The lowest BCUT2D eigenvalue weighted by molar-refractivity contribution is 0.280. The van der Waals surface area contributed by atoms with Gasteiger partial charge in [0.2, 0.25) is 0 Å². The van der Waals surface area contributed by atoms with E-state index < -0.39 is 0 Å². The second-order valence-corrected chi connectivity index (χ2v) is 7.00. The molecule has 110 valence electrons. The van der Waals surface area contributed by atoms with Gasteiger partial charge in [0, 0.05) is 0 Å². The number of fused-ring (bicyclic) bond motifs is 1. The van der Waals surface area contributed by atoms with Gasteiger partial charge in [0.05, 0.1) is 15.6 Å². The molecule has 1 aliphatic rings. The first kappa shape index (κ1) is 15.1. The van der Waals surface area contributed by atoms with E-state index in [1.54, 1.807) is 0 Å². The fraction of sp³-hybridized carbons (Fsp3) is 0.294. The molecule has 2 aromatic rings. The van der Waals surface area contributed by atoms with E-state index in [1.807, 2.05) is 12.1 Å². The van der Waals surface area contributed by atoms with Crippen molar-refractivity contribution in [2.45, 2.75) is 32.5 Å². The summed E-state index contributed by atoms with van der Waals surface area (Å²) in [6, 6.07) is 10.4. The van der Waals surface area contributed by atoms with Gasteiger partial charge in [0.25, 0.3) is 0 Å². The number of halogens is 2. The molecule has 21 heavy (non-hydrogen) atoms. The Bertz CT molecular complexity index is 645. The van der Waals surface area contributed by atoms with Gasteiger partial charge in [-0.2, -0.15) is 0 Å². The zero-order valence-corrected chi connectivity index (χ0v) is 14.7. The van der Waals surface area contributed by atoms with Crippen LogP contribution in [0.3, 0.4) is 0 Å². The highest BCUT2D eigenvalue weighted by Gasteiger charge is 2.12. The maximum Gasteiger partial charge on any atom is 0.148 e. The molecule has 0 fully saturated rings. The van der Waals surface area contributed by atoms with Crippen molar-refractivity contribution in [1.29, 1.82) is 0 Å². The van der Waals surface area contributed by atoms with Crippen LogP contribution in [-0.2, 0) is 26.1 Å². The van der Waals surface area contributed by atoms with Crippen LogP contribution in [0.4, 0.5) is 0 Å². The van der Waals surface area contributed by atoms with Crippen molar-refractivity contribution in [3.63, 3.8) is 0 Å². The molecule has 1 N–H and O–H groups in total. The first-order chi connectivity index (χ1) is 10.2. The fourth-order valence-electron chi connectivity index (χ4n) is 2.71. The van der Waals surface area contributed by atoms with Crippen LogP contribution in [0.25, 0.3) is 0 Å². The molecule has 2 aromatic carbocycles. The summed E-state index contributed by atoms with van der Waals surface area (Å²) in [5.41, 5.74) is 4.98. The lowest BCUT2D eigenvalue weighted by Gasteiger charge is -2.12. The van der Waals surface area contributed by atoms with Crippen molar-refractivity contribution in [2.24, 2.45) is 0 Å². The van der Waals surface area contributed by atoms with Crippen molar-refractivity contribution < 1.29 is 9.84 Å². The van der Waals surface area contributed by atoms with Crippen LogP contribution in [0.5, 0.6) is 5.75 Å². The van der Waals surface area contributed by atoms with Gasteiger partial charge in [-0.05, 0) is 85.5 Å². The van der Waals surface area contributed by atoms with Gasteiger partial charge in [0.1, 0.15) is 12.4 Å². The predicted molar refractivity (Wildman–Crippen MR) is 90.6 cm³/mol. The molecule has 0 heterocycles. The molecule has 1 aliphatic carbocycles. The lowest BCUT2D eigenvalue weighted by Crippen LogP contribution is -1.99. The third-order valence-electron chi connectivity index (χ3n) is 3.79. The highest BCUT2D eigenvalue weighted by atomic mass is 79.9. The van der Waals surface area contributed by atoms with Crippen LogP contribution in [0, 0.1) is 0 Å². The minimum absolute atomic E-state index is 0.0162. The maximum absolute atomic E-state index is 9.19. The zero-order valence-electron chi connectivity index (χ0n) is 11.5. The average Bonchev–Trinajstić information content (AvgIpc) is 2.93. The molecule has 0 unspecified atom stereocenters. The van der Waals surface area contributed by atoms with Gasteiger partial charge >= 0.3 is 0 Å². The van der Waals surface area contributed by atoms with Crippen LogP contribution in [0.2, 0.25) is 0 Å². The quantitative estimate of drug-likeness (QED) is 0.784. The van der Waals surface area contributed by atoms with Crippen molar-refractivity contribution in [1.82, 2.24) is 0 Å². The number of aryl methyl sites for hydroxylation is 2. The average molecular weight is 412 g/mol. The van der Waals surface area contributed by atoms with E-state index in [2.05, 4.69) is 50.1 Å². The first-order valence-electron chi connectivity index (χ1n) is 6.99. The SMILES string of the molecule is OCc1cc(Br)c(OCc2ccc3c(c2)CCC3)c(Br)c1. The summed E-state index contributed by atoms with van der Waals surface area (Å²) in [6.45, 7) is 0.561. The number of ether oxygens (including phenoxy) is 1. The Hall–Kier alpha value is -0.840. The molecule has 0 saturated carbocycles. The molecular weight excluding hydrogens is 396 g/mol. The van der Waals surface area contributed by atoms with E-state index in [0.717, 1.165) is 20.3 Å². The monoisotopic (exact) mass is 410 g/mol. The summed E-state index contributed by atoms with van der Waals surface area (Å²) in [6.07, 6.45) is 3.65. The topological polar surface area (TPSA) is 29.5 Å². The summed E-state index contributed by atoms with van der Waals surface area (Å²) in [5.74, 6) is 0.771. The Morgan fingerprint density at radius 1 is 0.952 bits per heavy atom. The van der Waals surface area contributed by atoms with Crippen LogP contribution in [-0.4, -0.2) is 5.11 Å². The molecule has 2 nitrogen and oxygen atoms in total. The normalized spacial score (nSPS) is 13.3. The minimum Gasteiger partial charge on any atom is -0.487 e. The maximum atomic E-state index is 9.19. The summed E-state index contributed by atoms with van der Waals surface area (Å²) in [7, 11) is 0. The Kier molecular flexibility index (Phi) is 4.67. The number of aliphatic hydroxyl groups is 1. The Morgan fingerprint density at radius 2 is 1.67 bits per heavy atom. The van der Waals surface area contributed by atoms with Gasteiger partial charge in [-0.1, -0.05) is 18.2 Å². The second kappa shape index (κ2) is 6.51. The van der Waals surface area contributed by atoms with Gasteiger partial charge in [-0.15, -0.1) is 0 Å². The predicted octanol–water partition coefficient (Wildman–Crippen LogP) is 4.77. The highest BCUT2D eigenvalue weighted by molar-refractivity contribution is 9.11. The first-order valence-corrected chi connectivity index (χ1v) is 8.58. The fourth-order valence-corrected chi connectivity index (χ4v) is 4.22. The number of rotatable bonds is 4. The number of benzene rings is 2. The van der Waals surface area contributed by atoms with E-state index in [4.69, 9.17) is 4.74 Å². The summed E-state index contributed by atoms with van der Waals surface area (Å²) in [5, 5.41) is 9.19. The molecule has 0 spiro atoms. The third-order valence-corrected chi connectivity index (χ3v) is 4.96. The molecule has 0 aliphatic heterocycles. The smallest absolute Gasteiger partial charge is 0.148 e. The minimum atomic E-state index is 0.0162. The van der Waals surface area contributed by atoms with E-state index in [0.29, 0.717) is 6.61 Å². The zero-order chi connectivity index (χ0) is 14.8. The summed E-state index contributed by atoms with van der Waals surface area (Å²) < 4.78 is 7.64. The number of hydrogen-bond acceptors (Lipinski definition) is 2. The van der Waals surface area contributed by atoms with E-state index in [1.165, 1.54) is 36.0 Å². The van der Waals surface area contributed by atoms with Gasteiger partial charge in [-0.25, -0.2) is 0 Å². The Balaban J connectivity index is 1.76. The standard InChI is InChI=1S/C17H16Br2O2/c18-15-7-12(9-20)8-16(19)17(15)21-10-11-4-5-13-2-1-3-14(13)6-11/h4-8,20H,1-3,9-10H2. The molecule has 4 heteroatoms. The van der Waals surface area contributed by atoms with E-state index >= 15 is 0 Å². The van der Waals surface area contributed by atoms with Crippen molar-refractivity contribution in [3.05, 3.63) is 61.5 Å². The van der Waals surface area contributed by atoms with Crippen molar-refractivity contribution in [3.8, 4) is 5.75 Å². The van der Waals surface area contributed by atoms with E-state index in [-0.39, 0.29) is 6.61 Å².